The van der Waals surface area contributed by atoms with Crippen LogP contribution in [-0.2, 0) is 20.7 Å². The highest BCUT2D eigenvalue weighted by Gasteiger charge is 2.30. The van der Waals surface area contributed by atoms with Crippen LogP contribution in [-0.4, -0.2) is 24.6 Å². The fourth-order valence-corrected chi connectivity index (χ4v) is 3.19. The fourth-order valence-electron chi connectivity index (χ4n) is 2.99. The minimum atomic E-state index is -0.885. The number of hydrogen-bond acceptors (Lipinski definition) is 4. The third-order valence-corrected chi connectivity index (χ3v) is 4.82. The molecule has 1 N–H and O–H groups in total. The zero-order chi connectivity index (χ0) is 19.4. The number of nitrogens with one attached hydrogen (secondary N) is 1. The molecule has 0 bridgehead atoms. The molecule has 3 rings (SSSR count). The first-order valence-electron chi connectivity index (χ1n) is 8.91. The number of ether oxygens (including phenoxy) is 2. The van der Waals surface area contributed by atoms with Gasteiger partial charge in [0.05, 0.1) is 12.0 Å². The van der Waals surface area contributed by atoms with Crippen molar-refractivity contribution in [1.29, 1.82) is 0 Å². The molecule has 2 aromatic carbocycles. The molecule has 2 aromatic rings. The van der Waals surface area contributed by atoms with Crippen molar-refractivity contribution in [3.05, 3.63) is 64.7 Å². The van der Waals surface area contributed by atoms with Crippen LogP contribution in [0.1, 0.15) is 31.0 Å². The van der Waals surface area contributed by atoms with Gasteiger partial charge < -0.3 is 14.8 Å². The Hall–Kier alpha value is -2.53. The van der Waals surface area contributed by atoms with Crippen LogP contribution < -0.4 is 10.1 Å². The fraction of sp³-hybridized carbons (Fsp3) is 0.333. The number of hydrogen-bond donors (Lipinski definition) is 1. The Bertz CT molecular complexity index is 824. The Labute approximate surface area is 163 Å². The number of carbonyl (C=O) groups is 2. The molecule has 5 nitrogen and oxygen atoms in total. The van der Waals surface area contributed by atoms with Crippen LogP contribution in [0, 0.1) is 5.92 Å². The van der Waals surface area contributed by atoms with Gasteiger partial charge in [-0.05, 0) is 49.6 Å². The minimum Gasteiger partial charge on any atom is -0.492 e. The van der Waals surface area contributed by atoms with Gasteiger partial charge in [0.15, 0.2) is 6.10 Å². The van der Waals surface area contributed by atoms with E-state index >= 15 is 0 Å². The molecule has 0 radical (unpaired) electrons. The number of esters is 1. The Kier molecular flexibility index (Phi) is 6.01. The molecule has 1 aliphatic rings. The quantitative estimate of drug-likeness (QED) is 0.794. The molecule has 0 aromatic heterocycles. The van der Waals surface area contributed by atoms with Crippen LogP contribution in [0.5, 0.6) is 5.75 Å². The molecular weight excluding hydrogens is 366 g/mol. The molecule has 6 heteroatoms. The summed E-state index contributed by atoms with van der Waals surface area (Å²) in [6.07, 6.45) is -0.409. The average Bonchev–Trinajstić information content (AvgIpc) is 2.67. The number of halogens is 1. The molecular formula is C21H22ClNO4. The zero-order valence-electron chi connectivity index (χ0n) is 15.3. The van der Waals surface area contributed by atoms with Gasteiger partial charge in [0.1, 0.15) is 12.4 Å². The van der Waals surface area contributed by atoms with Crippen molar-refractivity contribution in [3.8, 4) is 5.75 Å². The Morgan fingerprint density at radius 2 is 1.93 bits per heavy atom. The number of rotatable bonds is 5. The van der Waals surface area contributed by atoms with Crippen LogP contribution in [0.15, 0.2) is 48.5 Å². The second-order valence-electron chi connectivity index (χ2n) is 6.68. The molecule has 0 saturated heterocycles. The standard InChI is InChI=1S/C21H22ClNO4/c1-13(15-6-4-3-5-7-15)23-20(24)14(2)27-21(25)17-10-16-11-18(22)8-9-19(16)26-12-17/h3-9,11,13-14,17H,10,12H2,1-2H3,(H,23,24). The van der Waals surface area contributed by atoms with Crippen LogP contribution >= 0.6 is 11.6 Å². The van der Waals surface area contributed by atoms with Crippen molar-refractivity contribution in [2.24, 2.45) is 5.92 Å². The van der Waals surface area contributed by atoms with Crippen molar-refractivity contribution in [2.45, 2.75) is 32.4 Å². The molecule has 1 aliphatic heterocycles. The Balaban J connectivity index is 1.55. The van der Waals surface area contributed by atoms with E-state index in [0.717, 1.165) is 16.9 Å². The van der Waals surface area contributed by atoms with Crippen LogP contribution in [0.2, 0.25) is 5.02 Å². The van der Waals surface area contributed by atoms with Gasteiger partial charge in [0.25, 0.3) is 5.91 Å². The van der Waals surface area contributed by atoms with E-state index in [-0.39, 0.29) is 18.6 Å². The maximum atomic E-state index is 12.4. The van der Waals surface area contributed by atoms with E-state index in [1.165, 1.54) is 0 Å². The third-order valence-electron chi connectivity index (χ3n) is 4.58. The molecule has 3 unspecified atom stereocenters. The number of benzene rings is 2. The predicted molar refractivity (Wildman–Crippen MR) is 103 cm³/mol. The van der Waals surface area contributed by atoms with E-state index in [1.54, 1.807) is 25.1 Å². The largest absolute Gasteiger partial charge is 0.492 e. The second kappa shape index (κ2) is 8.44. The third kappa shape index (κ3) is 4.80. The lowest BCUT2D eigenvalue weighted by Gasteiger charge is -2.25. The SMILES string of the molecule is CC(OC(=O)C1COc2ccc(Cl)cc2C1)C(=O)NC(C)c1ccccc1. The Morgan fingerprint density at radius 1 is 1.19 bits per heavy atom. The van der Waals surface area contributed by atoms with Crippen molar-refractivity contribution >= 4 is 23.5 Å². The summed E-state index contributed by atoms with van der Waals surface area (Å²) < 4.78 is 11.0. The van der Waals surface area contributed by atoms with Crippen LogP contribution in [0.25, 0.3) is 0 Å². The van der Waals surface area contributed by atoms with Gasteiger partial charge in [-0.25, -0.2) is 0 Å². The smallest absolute Gasteiger partial charge is 0.313 e. The second-order valence-corrected chi connectivity index (χ2v) is 7.12. The topological polar surface area (TPSA) is 64.6 Å². The van der Waals surface area contributed by atoms with E-state index in [1.807, 2.05) is 37.3 Å². The maximum Gasteiger partial charge on any atom is 0.313 e. The molecule has 0 fully saturated rings. The summed E-state index contributed by atoms with van der Waals surface area (Å²) in [7, 11) is 0. The van der Waals surface area contributed by atoms with Gasteiger partial charge in [-0.15, -0.1) is 0 Å². The number of carbonyl (C=O) groups excluding carboxylic acids is 2. The molecule has 0 saturated carbocycles. The lowest BCUT2D eigenvalue weighted by Crippen LogP contribution is -2.40. The van der Waals surface area contributed by atoms with Crippen molar-refractivity contribution < 1.29 is 19.1 Å². The monoisotopic (exact) mass is 387 g/mol. The summed E-state index contributed by atoms with van der Waals surface area (Å²) in [6, 6.07) is 14.8. The van der Waals surface area contributed by atoms with Gasteiger partial charge in [-0.2, -0.15) is 0 Å². The molecule has 0 aliphatic carbocycles. The molecule has 0 spiro atoms. The van der Waals surface area contributed by atoms with Gasteiger partial charge in [-0.3, -0.25) is 9.59 Å². The van der Waals surface area contributed by atoms with Crippen LogP contribution in [0.4, 0.5) is 0 Å². The van der Waals surface area contributed by atoms with Crippen molar-refractivity contribution in [1.82, 2.24) is 5.32 Å². The van der Waals surface area contributed by atoms with Gasteiger partial charge >= 0.3 is 5.97 Å². The zero-order valence-corrected chi connectivity index (χ0v) is 16.0. The van der Waals surface area contributed by atoms with Crippen LogP contribution in [0.3, 0.4) is 0 Å². The molecule has 1 heterocycles. The van der Waals surface area contributed by atoms with Crippen molar-refractivity contribution in [3.63, 3.8) is 0 Å². The summed E-state index contributed by atoms with van der Waals surface area (Å²) in [5, 5.41) is 3.45. The normalized spacial score (nSPS) is 17.8. The van der Waals surface area contributed by atoms with E-state index in [9.17, 15) is 9.59 Å². The summed E-state index contributed by atoms with van der Waals surface area (Å²) >= 11 is 6.00. The molecule has 27 heavy (non-hydrogen) atoms. The molecule has 1 amide bonds. The van der Waals surface area contributed by atoms with Gasteiger partial charge in [0.2, 0.25) is 0 Å². The van der Waals surface area contributed by atoms with Gasteiger partial charge in [-0.1, -0.05) is 41.9 Å². The lowest BCUT2D eigenvalue weighted by atomic mass is 9.97. The summed E-state index contributed by atoms with van der Waals surface area (Å²) in [5.41, 5.74) is 1.85. The molecule has 3 atom stereocenters. The highest BCUT2D eigenvalue weighted by Crippen LogP contribution is 2.30. The minimum absolute atomic E-state index is 0.174. The van der Waals surface area contributed by atoms with Gasteiger partial charge in [0, 0.05) is 5.02 Å². The predicted octanol–water partition coefficient (Wildman–Crippen LogP) is 3.70. The van der Waals surface area contributed by atoms with E-state index in [2.05, 4.69) is 5.32 Å². The van der Waals surface area contributed by atoms with E-state index in [0.29, 0.717) is 11.4 Å². The first-order valence-corrected chi connectivity index (χ1v) is 9.29. The number of fused-ring (bicyclic) bond motifs is 1. The first-order chi connectivity index (χ1) is 12.9. The summed E-state index contributed by atoms with van der Waals surface area (Å²) in [5.74, 6) is -0.515. The van der Waals surface area contributed by atoms with E-state index in [4.69, 9.17) is 21.1 Å². The average molecular weight is 388 g/mol. The summed E-state index contributed by atoms with van der Waals surface area (Å²) in [4.78, 5) is 24.8. The Morgan fingerprint density at radius 3 is 2.67 bits per heavy atom. The molecule has 142 valence electrons. The van der Waals surface area contributed by atoms with E-state index < -0.39 is 18.0 Å². The number of amides is 1. The first kappa shape index (κ1) is 19.2. The van der Waals surface area contributed by atoms with Crippen molar-refractivity contribution in [2.75, 3.05) is 6.61 Å². The highest BCUT2D eigenvalue weighted by atomic mass is 35.5. The maximum absolute atomic E-state index is 12.4. The summed E-state index contributed by atoms with van der Waals surface area (Å²) in [6.45, 7) is 3.68. The lowest BCUT2D eigenvalue weighted by molar-refractivity contribution is -0.160. The highest BCUT2D eigenvalue weighted by molar-refractivity contribution is 6.30.